The molecular weight excluding hydrogens is 351 g/mol. The van der Waals surface area contributed by atoms with Crippen LogP contribution in [0.1, 0.15) is 16.1 Å². The number of hydrogen-bond acceptors (Lipinski definition) is 3. The number of hydrogen-bond donors (Lipinski definition) is 1. The van der Waals surface area contributed by atoms with E-state index in [1.165, 1.54) is 10.9 Å². The summed E-state index contributed by atoms with van der Waals surface area (Å²) in [5.74, 6) is -5.95. The quantitative estimate of drug-likeness (QED) is 0.905. The second-order valence-electron chi connectivity index (χ2n) is 6.21. The lowest BCUT2D eigenvalue weighted by atomic mass is 9.96. The van der Waals surface area contributed by atoms with E-state index >= 15 is 0 Å². The van der Waals surface area contributed by atoms with Gasteiger partial charge in [0.2, 0.25) is 0 Å². The Hall–Kier alpha value is -2.84. The SMILES string of the molecule is Cc1nn(-c2ccccc2)cc1C(=O)N1C[C@@H](C(F)(F)F)[C@H](C(=O)O)C1. The van der Waals surface area contributed by atoms with Gasteiger partial charge in [0.05, 0.1) is 28.8 Å². The van der Waals surface area contributed by atoms with Crippen LogP contribution in [0.15, 0.2) is 36.5 Å². The Labute approximate surface area is 146 Å². The molecule has 1 saturated heterocycles. The lowest BCUT2D eigenvalue weighted by Gasteiger charge is -2.18. The van der Waals surface area contributed by atoms with Crippen molar-refractivity contribution in [2.75, 3.05) is 13.1 Å². The molecule has 0 radical (unpaired) electrons. The zero-order chi connectivity index (χ0) is 19.1. The fraction of sp³-hybridized carbons (Fsp3) is 0.353. The number of aromatic nitrogens is 2. The maximum atomic E-state index is 13.1. The van der Waals surface area contributed by atoms with Crippen molar-refractivity contribution in [1.29, 1.82) is 0 Å². The number of aryl methyl sites for hydroxylation is 1. The topological polar surface area (TPSA) is 75.4 Å². The summed E-state index contributed by atoms with van der Waals surface area (Å²) >= 11 is 0. The maximum absolute atomic E-state index is 13.1. The van der Waals surface area contributed by atoms with Crippen LogP contribution in [-0.4, -0.2) is 50.9 Å². The molecule has 1 N–H and O–H groups in total. The summed E-state index contributed by atoms with van der Waals surface area (Å²) in [5.41, 5.74) is 1.22. The molecule has 9 heteroatoms. The van der Waals surface area contributed by atoms with Gasteiger partial charge >= 0.3 is 12.1 Å². The number of carboxylic acids is 1. The number of para-hydroxylation sites is 1. The molecule has 1 aromatic carbocycles. The fourth-order valence-corrected chi connectivity index (χ4v) is 3.10. The summed E-state index contributed by atoms with van der Waals surface area (Å²) in [6.07, 6.45) is -3.23. The number of alkyl halides is 3. The number of aliphatic carboxylic acids is 1. The van der Waals surface area contributed by atoms with Crippen molar-refractivity contribution in [3.05, 3.63) is 47.8 Å². The van der Waals surface area contributed by atoms with E-state index in [0.29, 0.717) is 11.4 Å². The lowest BCUT2D eigenvalue weighted by Crippen LogP contribution is -2.34. The van der Waals surface area contributed by atoms with E-state index in [-0.39, 0.29) is 5.56 Å². The van der Waals surface area contributed by atoms with Crippen LogP contribution >= 0.6 is 0 Å². The minimum Gasteiger partial charge on any atom is -0.481 e. The molecule has 0 aliphatic carbocycles. The van der Waals surface area contributed by atoms with Gasteiger partial charge in [0, 0.05) is 19.3 Å². The molecular formula is C17H16F3N3O3. The predicted molar refractivity (Wildman–Crippen MR) is 84.9 cm³/mol. The Bertz CT molecular complexity index is 833. The summed E-state index contributed by atoms with van der Waals surface area (Å²) < 4.78 is 40.8. The molecule has 0 unspecified atom stereocenters. The third kappa shape index (κ3) is 3.29. The molecule has 1 fully saturated rings. The number of halogens is 3. The zero-order valence-corrected chi connectivity index (χ0v) is 13.8. The van der Waals surface area contributed by atoms with Gasteiger partial charge in [0.25, 0.3) is 5.91 Å². The van der Waals surface area contributed by atoms with E-state index in [9.17, 15) is 22.8 Å². The van der Waals surface area contributed by atoms with Crippen molar-refractivity contribution in [3.8, 4) is 5.69 Å². The van der Waals surface area contributed by atoms with E-state index < -0.39 is 43.0 Å². The molecule has 1 aliphatic heterocycles. The second-order valence-corrected chi connectivity index (χ2v) is 6.21. The van der Waals surface area contributed by atoms with E-state index in [4.69, 9.17) is 5.11 Å². The first kappa shape index (κ1) is 18.0. The predicted octanol–water partition coefficient (Wildman–Crippen LogP) is 2.52. The molecule has 138 valence electrons. The Balaban J connectivity index is 1.86. The van der Waals surface area contributed by atoms with E-state index in [1.807, 2.05) is 6.07 Å². The van der Waals surface area contributed by atoms with E-state index in [2.05, 4.69) is 5.10 Å². The van der Waals surface area contributed by atoms with Gasteiger partial charge in [-0.15, -0.1) is 0 Å². The van der Waals surface area contributed by atoms with Crippen LogP contribution in [0.4, 0.5) is 13.2 Å². The average Bonchev–Trinajstić information content (AvgIpc) is 3.19. The second kappa shape index (κ2) is 6.47. The van der Waals surface area contributed by atoms with Crippen molar-refractivity contribution in [2.45, 2.75) is 13.1 Å². The first-order valence-electron chi connectivity index (χ1n) is 7.89. The standard InChI is InChI=1S/C17H16F3N3O3/c1-10-12(8-23(21-10)11-5-3-2-4-6-11)15(24)22-7-13(16(25)26)14(9-22)17(18,19)20/h2-6,8,13-14H,7,9H2,1H3,(H,25,26)/t13-,14-/m1/s1. The van der Waals surface area contributed by atoms with Crippen molar-refractivity contribution < 1.29 is 27.9 Å². The Kier molecular flexibility index (Phi) is 4.47. The van der Waals surface area contributed by atoms with Crippen LogP contribution in [-0.2, 0) is 4.79 Å². The highest BCUT2D eigenvalue weighted by Crippen LogP contribution is 2.38. The molecule has 2 aromatic rings. The van der Waals surface area contributed by atoms with Gasteiger partial charge in [0.15, 0.2) is 0 Å². The molecule has 2 atom stereocenters. The van der Waals surface area contributed by atoms with Gasteiger partial charge in [-0.25, -0.2) is 4.68 Å². The smallest absolute Gasteiger partial charge is 0.394 e. The number of nitrogens with zero attached hydrogens (tertiary/aromatic N) is 3. The Morgan fingerprint density at radius 1 is 1.19 bits per heavy atom. The van der Waals surface area contributed by atoms with Crippen LogP contribution < -0.4 is 0 Å². The highest BCUT2D eigenvalue weighted by molar-refractivity contribution is 5.95. The molecule has 2 heterocycles. The summed E-state index contributed by atoms with van der Waals surface area (Å²) in [7, 11) is 0. The first-order chi connectivity index (χ1) is 12.2. The van der Waals surface area contributed by atoms with Crippen LogP contribution in [0.5, 0.6) is 0 Å². The highest BCUT2D eigenvalue weighted by atomic mass is 19.4. The van der Waals surface area contributed by atoms with Gasteiger partial charge in [0.1, 0.15) is 0 Å². The van der Waals surface area contributed by atoms with Gasteiger partial charge in [-0.3, -0.25) is 9.59 Å². The number of rotatable bonds is 3. The summed E-state index contributed by atoms with van der Waals surface area (Å²) in [6, 6.07) is 8.95. The highest BCUT2D eigenvalue weighted by Gasteiger charge is 2.53. The summed E-state index contributed by atoms with van der Waals surface area (Å²) in [5, 5.41) is 13.3. The number of carbonyl (C=O) groups is 2. The molecule has 1 amide bonds. The van der Waals surface area contributed by atoms with Gasteiger partial charge in [-0.2, -0.15) is 18.3 Å². The molecule has 3 rings (SSSR count). The largest absolute Gasteiger partial charge is 0.481 e. The lowest BCUT2D eigenvalue weighted by molar-refractivity contribution is -0.187. The Morgan fingerprint density at radius 2 is 1.85 bits per heavy atom. The monoisotopic (exact) mass is 367 g/mol. The summed E-state index contributed by atoms with van der Waals surface area (Å²) in [6.45, 7) is 0.433. The molecule has 6 nitrogen and oxygen atoms in total. The normalized spacial score (nSPS) is 20.4. The zero-order valence-electron chi connectivity index (χ0n) is 13.8. The molecule has 0 saturated carbocycles. The maximum Gasteiger partial charge on any atom is 0.394 e. The van der Waals surface area contributed by atoms with Crippen molar-refractivity contribution in [1.82, 2.24) is 14.7 Å². The third-order valence-corrected chi connectivity index (χ3v) is 4.49. The molecule has 0 bridgehead atoms. The number of carboxylic acid groups (broad SMARTS) is 1. The van der Waals surface area contributed by atoms with Gasteiger partial charge in [-0.1, -0.05) is 18.2 Å². The first-order valence-corrected chi connectivity index (χ1v) is 7.89. The Morgan fingerprint density at radius 3 is 2.38 bits per heavy atom. The van der Waals surface area contributed by atoms with Gasteiger partial charge < -0.3 is 10.0 Å². The number of benzene rings is 1. The molecule has 1 aliphatic rings. The molecule has 0 spiro atoms. The third-order valence-electron chi connectivity index (χ3n) is 4.49. The fourth-order valence-electron chi connectivity index (χ4n) is 3.10. The number of likely N-dealkylation sites (tertiary alicyclic amines) is 1. The number of carbonyl (C=O) groups excluding carboxylic acids is 1. The van der Waals surface area contributed by atoms with E-state index in [1.54, 1.807) is 31.2 Å². The van der Waals surface area contributed by atoms with Crippen molar-refractivity contribution >= 4 is 11.9 Å². The van der Waals surface area contributed by atoms with E-state index in [0.717, 1.165) is 4.90 Å². The van der Waals surface area contributed by atoms with Crippen LogP contribution in [0, 0.1) is 18.8 Å². The van der Waals surface area contributed by atoms with Gasteiger partial charge in [-0.05, 0) is 19.1 Å². The average molecular weight is 367 g/mol. The van der Waals surface area contributed by atoms with Crippen LogP contribution in [0.25, 0.3) is 5.69 Å². The summed E-state index contributed by atoms with van der Waals surface area (Å²) in [4.78, 5) is 24.8. The number of amides is 1. The minimum atomic E-state index is -4.68. The minimum absolute atomic E-state index is 0.154. The molecule has 26 heavy (non-hydrogen) atoms. The van der Waals surface area contributed by atoms with Crippen LogP contribution in [0.2, 0.25) is 0 Å². The van der Waals surface area contributed by atoms with Crippen molar-refractivity contribution in [2.24, 2.45) is 11.8 Å². The van der Waals surface area contributed by atoms with Crippen molar-refractivity contribution in [3.63, 3.8) is 0 Å². The van der Waals surface area contributed by atoms with Crippen LogP contribution in [0.3, 0.4) is 0 Å². The molecule has 1 aromatic heterocycles.